The van der Waals surface area contributed by atoms with Crippen molar-refractivity contribution in [1.29, 1.82) is 0 Å². The summed E-state index contributed by atoms with van der Waals surface area (Å²) in [6, 6.07) is 0. The van der Waals surface area contributed by atoms with Crippen LogP contribution in [0.25, 0.3) is 0 Å². The standard InChI is InChI=1S/C16H25N3O2.C2H4/c1-3-13-14(18-11-12-8-6-5-7-9-12)10-15(20)19(21)16(13)17-4-2;1-2/h3,10,12,18,21H,4-9,11H2,1-2H3;1-2H2/b13-3-,17-16?;. The first kappa shape index (κ1) is 19.2. The molecule has 5 nitrogen and oxygen atoms in total. The van der Waals surface area contributed by atoms with Crippen molar-refractivity contribution in [1.82, 2.24) is 10.4 Å². The molecule has 0 aromatic rings. The molecule has 23 heavy (non-hydrogen) atoms. The maximum Gasteiger partial charge on any atom is 0.278 e. The SMILES string of the molecule is C/C=C1/C(NCC2CCCCC2)=CC(=O)N(O)C1=NCC.C=C. The molecule has 128 valence electrons. The van der Waals surface area contributed by atoms with E-state index in [9.17, 15) is 10.0 Å². The molecule has 1 fully saturated rings. The zero-order chi connectivity index (χ0) is 17.2. The number of nitrogens with one attached hydrogen (secondary N) is 1. The van der Waals surface area contributed by atoms with E-state index in [1.54, 1.807) is 0 Å². The van der Waals surface area contributed by atoms with Gasteiger partial charge >= 0.3 is 0 Å². The molecule has 0 bridgehead atoms. The highest BCUT2D eigenvalue weighted by Crippen LogP contribution is 2.24. The Balaban J connectivity index is 0.00000127. The first-order chi connectivity index (χ1) is 11.2. The van der Waals surface area contributed by atoms with Gasteiger partial charge < -0.3 is 5.32 Å². The van der Waals surface area contributed by atoms with E-state index in [4.69, 9.17) is 0 Å². The van der Waals surface area contributed by atoms with Gasteiger partial charge in [-0.15, -0.1) is 13.2 Å². The van der Waals surface area contributed by atoms with E-state index in [1.165, 1.54) is 38.2 Å². The molecule has 2 N–H and O–H groups in total. The number of amides is 1. The van der Waals surface area contributed by atoms with Crippen molar-refractivity contribution in [2.75, 3.05) is 13.1 Å². The van der Waals surface area contributed by atoms with Gasteiger partial charge in [0.1, 0.15) is 0 Å². The second-order valence-corrected chi connectivity index (χ2v) is 5.59. The third-order valence-corrected chi connectivity index (χ3v) is 4.11. The van der Waals surface area contributed by atoms with Gasteiger partial charge in [0.05, 0.1) is 5.70 Å². The molecule has 0 aromatic heterocycles. The zero-order valence-electron chi connectivity index (χ0n) is 14.3. The maximum absolute atomic E-state index is 11.9. The predicted molar refractivity (Wildman–Crippen MR) is 94.3 cm³/mol. The summed E-state index contributed by atoms with van der Waals surface area (Å²) >= 11 is 0. The molecule has 0 spiro atoms. The highest BCUT2D eigenvalue weighted by atomic mass is 16.5. The number of rotatable bonds is 4. The molecule has 1 heterocycles. The van der Waals surface area contributed by atoms with Gasteiger partial charge in [-0.2, -0.15) is 5.06 Å². The van der Waals surface area contributed by atoms with E-state index in [0.29, 0.717) is 23.4 Å². The van der Waals surface area contributed by atoms with Crippen LogP contribution in [0.5, 0.6) is 0 Å². The van der Waals surface area contributed by atoms with Crippen molar-refractivity contribution in [2.45, 2.75) is 46.0 Å². The van der Waals surface area contributed by atoms with Crippen LogP contribution in [0.3, 0.4) is 0 Å². The van der Waals surface area contributed by atoms with Crippen molar-refractivity contribution in [3.8, 4) is 0 Å². The number of aliphatic imine (C=N–C) groups is 1. The average molecular weight is 319 g/mol. The van der Waals surface area contributed by atoms with E-state index in [1.807, 2.05) is 19.9 Å². The van der Waals surface area contributed by atoms with E-state index < -0.39 is 5.91 Å². The predicted octanol–water partition coefficient (Wildman–Crippen LogP) is 3.44. The van der Waals surface area contributed by atoms with Crippen LogP contribution >= 0.6 is 0 Å². The number of nitrogens with zero attached hydrogens (tertiary/aromatic N) is 2. The Bertz CT molecular complexity index is 488. The fourth-order valence-electron chi connectivity index (χ4n) is 2.98. The van der Waals surface area contributed by atoms with Crippen molar-refractivity contribution in [3.63, 3.8) is 0 Å². The normalized spacial score (nSPS) is 22.7. The van der Waals surface area contributed by atoms with Crippen LogP contribution in [0, 0.1) is 5.92 Å². The van der Waals surface area contributed by atoms with Crippen LogP contribution in [0.1, 0.15) is 46.0 Å². The lowest BCUT2D eigenvalue weighted by molar-refractivity contribution is -0.143. The second kappa shape index (κ2) is 10.0. The largest absolute Gasteiger partial charge is 0.384 e. The van der Waals surface area contributed by atoms with Crippen LogP contribution in [0.4, 0.5) is 0 Å². The van der Waals surface area contributed by atoms with E-state index in [0.717, 1.165) is 17.8 Å². The quantitative estimate of drug-likeness (QED) is 0.616. The lowest BCUT2D eigenvalue weighted by Gasteiger charge is -2.28. The van der Waals surface area contributed by atoms with E-state index >= 15 is 0 Å². The molecule has 0 unspecified atom stereocenters. The highest BCUT2D eigenvalue weighted by molar-refractivity contribution is 6.15. The minimum Gasteiger partial charge on any atom is -0.384 e. The Morgan fingerprint density at radius 3 is 2.61 bits per heavy atom. The van der Waals surface area contributed by atoms with Gasteiger partial charge in [-0.05, 0) is 32.6 Å². The summed E-state index contributed by atoms with van der Waals surface area (Å²) in [5.41, 5.74) is 1.56. The van der Waals surface area contributed by atoms with Crippen LogP contribution in [-0.2, 0) is 4.79 Å². The summed E-state index contributed by atoms with van der Waals surface area (Å²) in [5.74, 6) is 0.559. The molecule has 1 saturated carbocycles. The summed E-state index contributed by atoms with van der Waals surface area (Å²) in [7, 11) is 0. The van der Waals surface area contributed by atoms with Crippen LogP contribution in [0.15, 0.2) is 41.6 Å². The average Bonchev–Trinajstić information content (AvgIpc) is 2.60. The first-order valence-electron chi connectivity index (χ1n) is 8.37. The maximum atomic E-state index is 11.9. The molecule has 0 saturated heterocycles. The minimum absolute atomic E-state index is 0.332. The van der Waals surface area contributed by atoms with Gasteiger partial charge in [0.15, 0.2) is 5.84 Å². The van der Waals surface area contributed by atoms with Crippen LogP contribution < -0.4 is 5.32 Å². The van der Waals surface area contributed by atoms with Crippen molar-refractivity contribution in [3.05, 3.63) is 36.6 Å². The number of hydrogen-bond donors (Lipinski definition) is 2. The monoisotopic (exact) mass is 319 g/mol. The highest BCUT2D eigenvalue weighted by Gasteiger charge is 2.28. The molecule has 2 rings (SSSR count). The lowest BCUT2D eigenvalue weighted by atomic mass is 9.89. The van der Waals surface area contributed by atoms with Gasteiger partial charge in [-0.25, -0.2) is 0 Å². The molecule has 5 heteroatoms. The summed E-state index contributed by atoms with van der Waals surface area (Å²) in [6.07, 6.45) is 9.77. The Labute approximate surface area is 139 Å². The topological polar surface area (TPSA) is 64.9 Å². The molecule has 1 aliphatic heterocycles. The van der Waals surface area contributed by atoms with Crippen molar-refractivity contribution < 1.29 is 10.0 Å². The number of hydroxylamine groups is 2. The summed E-state index contributed by atoms with van der Waals surface area (Å²) in [5, 5.41) is 13.9. The minimum atomic E-state index is -0.445. The van der Waals surface area contributed by atoms with Crippen molar-refractivity contribution in [2.24, 2.45) is 10.9 Å². The van der Waals surface area contributed by atoms with E-state index in [2.05, 4.69) is 23.5 Å². The molecule has 0 aromatic carbocycles. The third-order valence-electron chi connectivity index (χ3n) is 4.11. The number of carbonyl (C=O) groups excluding carboxylic acids is 1. The van der Waals surface area contributed by atoms with Gasteiger partial charge in [-0.1, -0.05) is 25.3 Å². The van der Waals surface area contributed by atoms with Gasteiger partial charge in [0.25, 0.3) is 5.91 Å². The van der Waals surface area contributed by atoms with E-state index in [-0.39, 0.29) is 0 Å². The Hall–Kier alpha value is -1.88. The summed E-state index contributed by atoms with van der Waals surface area (Å²) in [6.45, 7) is 11.2. The Kier molecular flexibility index (Phi) is 8.33. The molecular weight excluding hydrogens is 290 g/mol. The molecule has 1 aliphatic carbocycles. The van der Waals surface area contributed by atoms with Crippen LogP contribution in [-0.4, -0.2) is 35.1 Å². The number of carbonyl (C=O) groups is 1. The molecular formula is C18H29N3O2. The fourth-order valence-corrected chi connectivity index (χ4v) is 2.98. The van der Waals surface area contributed by atoms with Gasteiger partial charge in [0.2, 0.25) is 0 Å². The lowest BCUT2D eigenvalue weighted by Crippen LogP contribution is -2.41. The number of hydrogen-bond acceptors (Lipinski definition) is 4. The summed E-state index contributed by atoms with van der Waals surface area (Å²) < 4.78 is 0. The van der Waals surface area contributed by atoms with Crippen LogP contribution in [0.2, 0.25) is 0 Å². The molecule has 0 atom stereocenters. The van der Waals surface area contributed by atoms with Gasteiger partial charge in [-0.3, -0.25) is 15.0 Å². The van der Waals surface area contributed by atoms with Gasteiger partial charge in [0, 0.05) is 24.7 Å². The molecule has 0 radical (unpaired) electrons. The fraction of sp³-hybridized carbons (Fsp3) is 0.556. The Morgan fingerprint density at radius 1 is 1.39 bits per heavy atom. The molecule has 1 amide bonds. The molecule has 2 aliphatic rings. The first-order valence-corrected chi connectivity index (χ1v) is 8.37. The number of amidine groups is 1. The number of allylic oxidation sites excluding steroid dienone is 1. The smallest absolute Gasteiger partial charge is 0.278 e. The Morgan fingerprint density at radius 2 is 2.04 bits per heavy atom. The summed E-state index contributed by atoms with van der Waals surface area (Å²) in [4.78, 5) is 16.1. The third kappa shape index (κ3) is 5.06. The van der Waals surface area contributed by atoms with Crippen molar-refractivity contribution >= 4 is 11.7 Å². The zero-order valence-corrected chi connectivity index (χ0v) is 14.3. The second-order valence-electron chi connectivity index (χ2n) is 5.59.